The Morgan fingerprint density at radius 3 is 2.31 bits per heavy atom. The van der Waals surface area contributed by atoms with Crippen LogP contribution in [-0.4, -0.2) is 45.8 Å². The molecule has 4 rings (SSSR count). The van der Waals surface area contributed by atoms with Crippen molar-refractivity contribution < 1.29 is 13.7 Å². The van der Waals surface area contributed by atoms with Gasteiger partial charge in [-0.2, -0.15) is 4.68 Å². The van der Waals surface area contributed by atoms with Gasteiger partial charge in [-0.05, 0) is 36.4 Å². The summed E-state index contributed by atoms with van der Waals surface area (Å²) in [6.07, 6.45) is 0. The summed E-state index contributed by atoms with van der Waals surface area (Å²) in [6.45, 7) is 3.12. The van der Waals surface area contributed by atoms with Crippen molar-refractivity contribution >= 4 is 11.4 Å². The van der Waals surface area contributed by atoms with Crippen LogP contribution in [0.1, 0.15) is 0 Å². The van der Waals surface area contributed by atoms with Crippen LogP contribution in [0.3, 0.4) is 0 Å². The van der Waals surface area contributed by atoms with Crippen molar-refractivity contribution in [3.63, 3.8) is 0 Å². The summed E-state index contributed by atoms with van der Waals surface area (Å²) >= 11 is 0. The van der Waals surface area contributed by atoms with E-state index in [9.17, 15) is 19.3 Å². The Kier molecular flexibility index (Phi) is 5.09. The number of piperazine rings is 1. The zero-order chi connectivity index (χ0) is 20.4. The molecule has 0 radical (unpaired) electrons. The summed E-state index contributed by atoms with van der Waals surface area (Å²) in [5, 5.41) is 15.0. The number of non-ortho nitro benzene ring substituents is 1. The van der Waals surface area contributed by atoms with E-state index in [4.69, 9.17) is 4.42 Å². The highest BCUT2D eigenvalue weighted by Gasteiger charge is 2.20. The first-order valence-electron chi connectivity index (χ1n) is 9.05. The molecule has 0 atom stereocenters. The summed E-state index contributed by atoms with van der Waals surface area (Å²) in [7, 11) is 0. The molecule has 0 saturated carbocycles. The van der Waals surface area contributed by atoms with Crippen LogP contribution in [-0.2, 0) is 6.67 Å². The van der Waals surface area contributed by atoms with Crippen molar-refractivity contribution in [3.8, 4) is 11.5 Å². The molecule has 0 spiro atoms. The zero-order valence-electron chi connectivity index (χ0n) is 15.4. The Bertz CT molecular complexity index is 1050. The Morgan fingerprint density at radius 1 is 1.03 bits per heavy atom. The molecule has 0 unspecified atom stereocenters. The predicted octanol–water partition coefficient (Wildman–Crippen LogP) is 2.33. The SMILES string of the molecule is O=c1oc(-c2ccc(F)cc2)nn1CN1CCN(c2ccc([N+](=O)[O-])cc2)CC1. The number of nitro benzene ring substituents is 1. The van der Waals surface area contributed by atoms with Crippen molar-refractivity contribution in [2.24, 2.45) is 0 Å². The quantitative estimate of drug-likeness (QED) is 0.480. The number of hydrogen-bond acceptors (Lipinski definition) is 7. The van der Waals surface area contributed by atoms with E-state index >= 15 is 0 Å². The number of halogens is 1. The topological polar surface area (TPSA) is 97.7 Å². The van der Waals surface area contributed by atoms with Crippen LogP contribution >= 0.6 is 0 Å². The minimum atomic E-state index is -0.567. The standard InChI is InChI=1S/C19H18FN5O4/c20-15-3-1-14(2-4-15)18-21-24(19(26)29-18)13-22-9-11-23(12-10-22)16-5-7-17(8-6-16)25(27)28/h1-8H,9-13H2. The normalized spacial score (nSPS) is 14.9. The van der Waals surface area contributed by atoms with E-state index < -0.39 is 10.7 Å². The Hall–Kier alpha value is -3.53. The highest BCUT2D eigenvalue weighted by atomic mass is 19.1. The van der Waals surface area contributed by atoms with Crippen LogP contribution in [0.15, 0.2) is 57.7 Å². The maximum absolute atomic E-state index is 13.0. The Balaban J connectivity index is 1.38. The van der Waals surface area contributed by atoms with Gasteiger partial charge in [0.05, 0.1) is 4.92 Å². The minimum Gasteiger partial charge on any atom is -0.388 e. The molecule has 1 aliphatic rings. The van der Waals surface area contributed by atoms with Crippen LogP contribution in [0.5, 0.6) is 0 Å². The molecule has 9 nitrogen and oxygen atoms in total. The summed E-state index contributed by atoms with van der Waals surface area (Å²) in [4.78, 5) is 26.6. The fourth-order valence-corrected chi connectivity index (χ4v) is 3.23. The van der Waals surface area contributed by atoms with Gasteiger partial charge in [0.25, 0.3) is 5.69 Å². The second-order valence-electron chi connectivity index (χ2n) is 6.70. The molecule has 1 aromatic heterocycles. The van der Waals surface area contributed by atoms with E-state index in [0.717, 1.165) is 18.8 Å². The fraction of sp³-hybridized carbons (Fsp3) is 0.263. The van der Waals surface area contributed by atoms with Crippen molar-refractivity contribution in [1.82, 2.24) is 14.7 Å². The number of hydrogen-bond donors (Lipinski definition) is 0. The number of aromatic nitrogens is 2. The molecular weight excluding hydrogens is 381 g/mol. The average molecular weight is 399 g/mol. The molecule has 10 heteroatoms. The number of nitrogens with zero attached hydrogens (tertiary/aromatic N) is 5. The summed E-state index contributed by atoms with van der Waals surface area (Å²) in [5.41, 5.74) is 1.52. The van der Waals surface area contributed by atoms with Gasteiger partial charge < -0.3 is 9.32 Å². The van der Waals surface area contributed by atoms with Crippen LogP contribution < -0.4 is 10.7 Å². The largest absolute Gasteiger partial charge is 0.438 e. The molecule has 3 aromatic rings. The summed E-state index contributed by atoms with van der Waals surface area (Å²) < 4.78 is 19.5. The minimum absolute atomic E-state index is 0.0646. The number of benzene rings is 2. The smallest absolute Gasteiger partial charge is 0.388 e. The van der Waals surface area contributed by atoms with Crippen LogP contribution in [0.4, 0.5) is 15.8 Å². The molecule has 0 N–H and O–H groups in total. The molecular formula is C19H18FN5O4. The van der Waals surface area contributed by atoms with Gasteiger partial charge in [0.1, 0.15) is 12.5 Å². The maximum Gasteiger partial charge on any atom is 0.438 e. The maximum atomic E-state index is 13.0. The lowest BCUT2D eigenvalue weighted by Gasteiger charge is -2.35. The van der Waals surface area contributed by atoms with Gasteiger partial charge in [0, 0.05) is 49.6 Å². The van der Waals surface area contributed by atoms with Gasteiger partial charge in [0.15, 0.2) is 0 Å². The number of nitro groups is 1. The van der Waals surface area contributed by atoms with Gasteiger partial charge in [0.2, 0.25) is 5.89 Å². The third-order valence-electron chi connectivity index (χ3n) is 4.83. The van der Waals surface area contributed by atoms with Crippen molar-refractivity contribution in [2.75, 3.05) is 31.1 Å². The third kappa shape index (κ3) is 4.16. The van der Waals surface area contributed by atoms with Gasteiger partial charge in [-0.3, -0.25) is 15.0 Å². The molecule has 2 heterocycles. The molecule has 0 bridgehead atoms. The summed E-state index contributed by atoms with van der Waals surface area (Å²) in [6, 6.07) is 12.1. The lowest BCUT2D eigenvalue weighted by Crippen LogP contribution is -2.47. The first-order valence-corrected chi connectivity index (χ1v) is 9.05. The summed E-state index contributed by atoms with van der Waals surface area (Å²) in [5.74, 6) is -0.789. The van der Waals surface area contributed by atoms with E-state index in [-0.39, 0.29) is 24.1 Å². The van der Waals surface area contributed by atoms with E-state index in [1.54, 1.807) is 12.1 Å². The highest BCUT2D eigenvalue weighted by Crippen LogP contribution is 2.21. The fourth-order valence-electron chi connectivity index (χ4n) is 3.23. The van der Waals surface area contributed by atoms with E-state index in [1.165, 1.54) is 41.1 Å². The first kappa shape index (κ1) is 18.8. The van der Waals surface area contributed by atoms with Gasteiger partial charge >= 0.3 is 5.76 Å². The van der Waals surface area contributed by atoms with Crippen molar-refractivity contribution in [2.45, 2.75) is 6.67 Å². The molecule has 0 amide bonds. The molecule has 150 valence electrons. The Morgan fingerprint density at radius 2 is 1.69 bits per heavy atom. The molecule has 1 aliphatic heterocycles. The van der Waals surface area contributed by atoms with E-state index in [0.29, 0.717) is 18.7 Å². The molecule has 2 aromatic carbocycles. The zero-order valence-corrected chi connectivity index (χ0v) is 15.4. The predicted molar refractivity (Wildman–Crippen MR) is 103 cm³/mol. The molecule has 29 heavy (non-hydrogen) atoms. The Labute approximate surface area is 164 Å². The third-order valence-corrected chi connectivity index (χ3v) is 4.83. The molecule has 1 saturated heterocycles. The first-order chi connectivity index (χ1) is 14.0. The number of rotatable bonds is 5. The monoisotopic (exact) mass is 399 g/mol. The van der Waals surface area contributed by atoms with E-state index in [1.807, 2.05) is 0 Å². The van der Waals surface area contributed by atoms with Crippen molar-refractivity contribution in [1.29, 1.82) is 0 Å². The lowest BCUT2D eigenvalue weighted by molar-refractivity contribution is -0.384. The lowest BCUT2D eigenvalue weighted by atomic mass is 10.2. The molecule has 1 fully saturated rings. The van der Waals surface area contributed by atoms with Crippen molar-refractivity contribution in [3.05, 3.63) is 75.0 Å². The second kappa shape index (κ2) is 7.84. The van der Waals surface area contributed by atoms with Crippen LogP contribution in [0, 0.1) is 15.9 Å². The second-order valence-corrected chi connectivity index (χ2v) is 6.70. The van der Waals surface area contributed by atoms with Crippen LogP contribution in [0.25, 0.3) is 11.5 Å². The van der Waals surface area contributed by atoms with Gasteiger partial charge in [-0.1, -0.05) is 0 Å². The molecule has 0 aliphatic carbocycles. The number of anilines is 1. The van der Waals surface area contributed by atoms with E-state index in [2.05, 4.69) is 14.9 Å². The highest BCUT2D eigenvalue weighted by molar-refractivity contribution is 5.52. The van der Waals surface area contributed by atoms with Gasteiger partial charge in [-0.15, -0.1) is 5.10 Å². The van der Waals surface area contributed by atoms with Gasteiger partial charge in [-0.25, -0.2) is 9.18 Å². The van der Waals surface area contributed by atoms with Crippen LogP contribution in [0.2, 0.25) is 0 Å². The average Bonchev–Trinajstić information content (AvgIpc) is 3.09.